The third kappa shape index (κ3) is 2.55. The van der Waals surface area contributed by atoms with Crippen molar-refractivity contribution in [1.82, 2.24) is 4.98 Å². The van der Waals surface area contributed by atoms with Gasteiger partial charge in [-0.1, -0.05) is 41.4 Å². The molecule has 1 aromatic heterocycles. The van der Waals surface area contributed by atoms with E-state index in [2.05, 4.69) is 4.98 Å². The molecule has 0 spiro atoms. The highest BCUT2D eigenvalue weighted by molar-refractivity contribution is 6.42. The molecular formula is C15H9Cl3N2. The number of benzene rings is 2. The second-order valence-corrected chi connectivity index (χ2v) is 5.39. The first kappa shape index (κ1) is 13.5. The first-order valence-corrected chi connectivity index (χ1v) is 7.01. The molecule has 0 fully saturated rings. The lowest BCUT2D eigenvalue weighted by molar-refractivity contribution is 1.29. The number of hydrogen-bond acceptors (Lipinski definition) is 2. The standard InChI is InChI=1S/C15H9Cl3N2/c16-12-7-6-11(9-13(12)17)20(18)15-8-5-10-3-1-2-4-14(10)19-15/h1-9H. The highest BCUT2D eigenvalue weighted by Crippen LogP contribution is 2.32. The van der Waals surface area contributed by atoms with Crippen molar-refractivity contribution in [2.75, 3.05) is 4.42 Å². The SMILES string of the molecule is Clc1ccc(N(Cl)c2ccc3ccccc3n2)cc1Cl. The molecule has 0 bridgehead atoms. The van der Waals surface area contributed by atoms with Gasteiger partial charge in [-0.15, -0.1) is 0 Å². The predicted molar refractivity (Wildman–Crippen MR) is 86.2 cm³/mol. The Kier molecular flexibility index (Phi) is 3.70. The van der Waals surface area contributed by atoms with Crippen LogP contribution >= 0.6 is 35.0 Å². The Morgan fingerprint density at radius 1 is 0.850 bits per heavy atom. The summed E-state index contributed by atoms with van der Waals surface area (Å²) in [6, 6.07) is 16.9. The molecule has 0 amide bonds. The van der Waals surface area contributed by atoms with Gasteiger partial charge in [-0.25, -0.2) is 9.40 Å². The summed E-state index contributed by atoms with van der Waals surface area (Å²) < 4.78 is 1.45. The van der Waals surface area contributed by atoms with Gasteiger partial charge in [0.15, 0.2) is 0 Å². The molecule has 1 heterocycles. The minimum absolute atomic E-state index is 0.454. The van der Waals surface area contributed by atoms with Crippen LogP contribution in [0, 0.1) is 0 Å². The second-order valence-electron chi connectivity index (χ2n) is 4.24. The number of aromatic nitrogens is 1. The summed E-state index contributed by atoms with van der Waals surface area (Å²) in [7, 11) is 0. The van der Waals surface area contributed by atoms with Gasteiger partial charge in [0.1, 0.15) is 5.82 Å². The van der Waals surface area contributed by atoms with Crippen LogP contribution in [0.1, 0.15) is 0 Å². The summed E-state index contributed by atoms with van der Waals surface area (Å²) in [5.74, 6) is 0.628. The molecule has 3 aromatic rings. The predicted octanol–water partition coefficient (Wildman–Crippen LogP) is 5.83. The quantitative estimate of drug-likeness (QED) is 0.551. The molecule has 0 atom stereocenters. The number of pyridine rings is 1. The highest BCUT2D eigenvalue weighted by Gasteiger charge is 2.10. The average molecular weight is 324 g/mol. The van der Waals surface area contributed by atoms with Gasteiger partial charge in [0.05, 0.1) is 21.2 Å². The fraction of sp³-hybridized carbons (Fsp3) is 0. The first-order valence-electron chi connectivity index (χ1n) is 5.92. The van der Waals surface area contributed by atoms with E-state index in [9.17, 15) is 0 Å². The summed E-state index contributed by atoms with van der Waals surface area (Å²) in [6.07, 6.45) is 0. The third-order valence-corrected chi connectivity index (χ3v) is 4.02. The smallest absolute Gasteiger partial charge is 0.148 e. The first-order chi connectivity index (χ1) is 9.65. The van der Waals surface area contributed by atoms with Crippen molar-refractivity contribution >= 4 is 57.4 Å². The molecule has 0 unspecified atom stereocenters. The summed E-state index contributed by atoms with van der Waals surface area (Å²) in [6.45, 7) is 0. The number of rotatable bonds is 2. The number of fused-ring (bicyclic) bond motifs is 1. The molecule has 3 rings (SSSR count). The lowest BCUT2D eigenvalue weighted by Gasteiger charge is -2.15. The van der Waals surface area contributed by atoms with Gasteiger partial charge in [-0.05, 0) is 36.4 Å². The van der Waals surface area contributed by atoms with Crippen molar-refractivity contribution in [1.29, 1.82) is 0 Å². The molecule has 0 N–H and O–H groups in total. The fourth-order valence-electron chi connectivity index (χ4n) is 1.90. The largest absolute Gasteiger partial charge is 0.236 e. The molecule has 2 aromatic carbocycles. The van der Waals surface area contributed by atoms with Gasteiger partial charge < -0.3 is 0 Å². The van der Waals surface area contributed by atoms with Gasteiger partial charge >= 0.3 is 0 Å². The summed E-state index contributed by atoms with van der Waals surface area (Å²) in [5, 5.41) is 2.01. The van der Waals surface area contributed by atoms with E-state index >= 15 is 0 Å². The molecule has 2 nitrogen and oxygen atoms in total. The van der Waals surface area contributed by atoms with Crippen molar-refractivity contribution in [3.8, 4) is 0 Å². The minimum atomic E-state index is 0.454. The zero-order valence-electron chi connectivity index (χ0n) is 10.2. The van der Waals surface area contributed by atoms with E-state index in [-0.39, 0.29) is 0 Å². The van der Waals surface area contributed by atoms with E-state index < -0.39 is 0 Å². The van der Waals surface area contributed by atoms with Crippen LogP contribution < -0.4 is 4.42 Å². The lowest BCUT2D eigenvalue weighted by Crippen LogP contribution is -2.04. The Hall–Kier alpha value is -1.48. The van der Waals surface area contributed by atoms with Crippen molar-refractivity contribution in [2.24, 2.45) is 0 Å². The van der Waals surface area contributed by atoms with Crippen molar-refractivity contribution < 1.29 is 0 Å². The molecule has 0 saturated heterocycles. The van der Waals surface area contributed by atoms with Crippen LogP contribution in [0.25, 0.3) is 10.9 Å². The number of nitrogens with zero attached hydrogens (tertiary/aromatic N) is 2. The number of anilines is 2. The van der Waals surface area contributed by atoms with E-state index in [1.165, 1.54) is 4.42 Å². The maximum atomic E-state index is 6.33. The maximum Gasteiger partial charge on any atom is 0.148 e. The monoisotopic (exact) mass is 322 g/mol. The summed E-state index contributed by atoms with van der Waals surface area (Å²) in [5.41, 5.74) is 1.60. The van der Waals surface area contributed by atoms with Gasteiger partial charge in [0.25, 0.3) is 0 Å². The molecule has 100 valence electrons. The van der Waals surface area contributed by atoms with Crippen LogP contribution in [-0.2, 0) is 0 Å². The molecule has 5 heteroatoms. The molecule has 0 aliphatic rings. The molecule has 0 aliphatic carbocycles. The summed E-state index contributed by atoms with van der Waals surface area (Å²) in [4.78, 5) is 4.52. The van der Waals surface area contributed by atoms with Gasteiger partial charge in [-0.3, -0.25) is 0 Å². The van der Waals surface area contributed by atoms with Crippen LogP contribution in [0.4, 0.5) is 11.5 Å². The summed E-state index contributed by atoms with van der Waals surface area (Å²) >= 11 is 18.2. The highest BCUT2D eigenvalue weighted by atomic mass is 35.5. The Morgan fingerprint density at radius 2 is 1.65 bits per heavy atom. The Balaban J connectivity index is 2.02. The Morgan fingerprint density at radius 3 is 2.45 bits per heavy atom. The van der Waals surface area contributed by atoms with Gasteiger partial charge in [0, 0.05) is 17.2 Å². The van der Waals surface area contributed by atoms with Crippen molar-refractivity contribution in [2.45, 2.75) is 0 Å². The second kappa shape index (κ2) is 5.49. The van der Waals surface area contributed by atoms with Crippen LogP contribution in [0.15, 0.2) is 54.6 Å². The van der Waals surface area contributed by atoms with Crippen LogP contribution in [0.5, 0.6) is 0 Å². The normalized spacial score (nSPS) is 10.8. The van der Waals surface area contributed by atoms with E-state index in [4.69, 9.17) is 35.0 Å². The number of halogens is 3. The van der Waals surface area contributed by atoms with Crippen LogP contribution in [0.2, 0.25) is 10.0 Å². The lowest BCUT2D eigenvalue weighted by atomic mass is 10.2. The zero-order valence-corrected chi connectivity index (χ0v) is 12.5. The maximum absolute atomic E-state index is 6.33. The molecular weight excluding hydrogens is 315 g/mol. The number of para-hydroxylation sites is 1. The molecule has 20 heavy (non-hydrogen) atoms. The average Bonchev–Trinajstić information content (AvgIpc) is 2.49. The number of hydrogen-bond donors (Lipinski definition) is 0. The Bertz CT molecular complexity index is 774. The zero-order chi connectivity index (χ0) is 14.1. The topological polar surface area (TPSA) is 16.1 Å². The van der Waals surface area contributed by atoms with E-state index in [1.54, 1.807) is 18.2 Å². The fourth-order valence-corrected chi connectivity index (χ4v) is 2.40. The van der Waals surface area contributed by atoms with Gasteiger partial charge in [0.2, 0.25) is 0 Å². The molecule has 0 radical (unpaired) electrons. The van der Waals surface area contributed by atoms with E-state index in [0.717, 1.165) is 10.9 Å². The minimum Gasteiger partial charge on any atom is -0.236 e. The van der Waals surface area contributed by atoms with Crippen molar-refractivity contribution in [3.05, 3.63) is 64.6 Å². The van der Waals surface area contributed by atoms with Gasteiger partial charge in [-0.2, -0.15) is 0 Å². The Labute approximate surface area is 131 Å². The van der Waals surface area contributed by atoms with Crippen LogP contribution in [-0.4, -0.2) is 4.98 Å². The molecule has 0 saturated carbocycles. The molecule has 0 aliphatic heterocycles. The third-order valence-electron chi connectivity index (χ3n) is 2.91. The van der Waals surface area contributed by atoms with Crippen molar-refractivity contribution in [3.63, 3.8) is 0 Å². The van der Waals surface area contributed by atoms with E-state index in [0.29, 0.717) is 21.6 Å². The van der Waals surface area contributed by atoms with Crippen LogP contribution in [0.3, 0.4) is 0 Å². The van der Waals surface area contributed by atoms with E-state index in [1.807, 2.05) is 36.4 Å².